The SMILES string of the molecule is O=S(=O)(Cc1ccccc1)NCCCNc1cc(-c2ccccc2Cl)nc2c(Br)cnn12. The van der Waals surface area contributed by atoms with Crippen molar-refractivity contribution in [1.82, 2.24) is 19.3 Å². The molecular formula is C22H21BrClN5O2S. The molecule has 2 aromatic carbocycles. The normalized spacial score (nSPS) is 11.7. The van der Waals surface area contributed by atoms with Crippen molar-refractivity contribution in [3.05, 3.63) is 81.9 Å². The lowest BCUT2D eigenvalue weighted by atomic mass is 10.1. The first kappa shape index (κ1) is 22.7. The summed E-state index contributed by atoms with van der Waals surface area (Å²) in [4.78, 5) is 4.68. The van der Waals surface area contributed by atoms with Gasteiger partial charge in [-0.1, -0.05) is 60.1 Å². The predicted octanol–water partition coefficient (Wildman–Crippen LogP) is 4.73. The molecule has 0 saturated heterocycles. The van der Waals surface area contributed by atoms with E-state index in [1.807, 2.05) is 48.5 Å². The first-order valence-corrected chi connectivity index (χ1v) is 12.8. The molecule has 0 atom stereocenters. The highest BCUT2D eigenvalue weighted by Crippen LogP contribution is 2.30. The summed E-state index contributed by atoms with van der Waals surface area (Å²) in [5.41, 5.74) is 2.96. The number of hydrogen-bond acceptors (Lipinski definition) is 5. The van der Waals surface area contributed by atoms with E-state index in [1.54, 1.807) is 22.8 Å². The Labute approximate surface area is 200 Å². The quantitative estimate of drug-likeness (QED) is 0.303. The number of hydrogen-bond donors (Lipinski definition) is 2. The molecule has 0 aliphatic rings. The van der Waals surface area contributed by atoms with Crippen LogP contribution in [-0.4, -0.2) is 36.1 Å². The Hall–Kier alpha value is -2.46. The van der Waals surface area contributed by atoms with Gasteiger partial charge in [-0.25, -0.2) is 18.1 Å². The van der Waals surface area contributed by atoms with Crippen LogP contribution < -0.4 is 10.0 Å². The van der Waals surface area contributed by atoms with Crippen molar-refractivity contribution in [2.24, 2.45) is 0 Å². The minimum absolute atomic E-state index is 0.0330. The number of anilines is 1. The average Bonchev–Trinajstić information content (AvgIpc) is 3.15. The van der Waals surface area contributed by atoms with Gasteiger partial charge in [0.1, 0.15) is 5.82 Å². The van der Waals surface area contributed by atoms with Crippen LogP contribution in [0.3, 0.4) is 0 Å². The molecule has 2 heterocycles. The maximum absolute atomic E-state index is 12.3. The summed E-state index contributed by atoms with van der Waals surface area (Å²) in [6.45, 7) is 0.878. The van der Waals surface area contributed by atoms with E-state index in [0.29, 0.717) is 30.2 Å². The van der Waals surface area contributed by atoms with Crippen molar-refractivity contribution >= 4 is 49.0 Å². The summed E-state index contributed by atoms with van der Waals surface area (Å²) in [6.07, 6.45) is 2.28. The molecule has 0 radical (unpaired) electrons. The number of nitrogens with one attached hydrogen (secondary N) is 2. The van der Waals surface area contributed by atoms with Crippen molar-refractivity contribution in [1.29, 1.82) is 0 Å². The van der Waals surface area contributed by atoms with Crippen LogP contribution in [0.15, 0.2) is 71.3 Å². The molecule has 2 aromatic heterocycles. The van der Waals surface area contributed by atoms with Crippen molar-refractivity contribution in [2.45, 2.75) is 12.2 Å². The zero-order valence-electron chi connectivity index (χ0n) is 17.0. The molecule has 0 aliphatic heterocycles. The van der Waals surface area contributed by atoms with Crippen molar-refractivity contribution in [2.75, 3.05) is 18.4 Å². The Balaban J connectivity index is 1.41. The third-order valence-electron chi connectivity index (χ3n) is 4.76. The molecule has 166 valence electrons. The summed E-state index contributed by atoms with van der Waals surface area (Å²) in [5, 5.41) is 8.30. The Bertz CT molecular complexity index is 1330. The number of halogens is 2. The minimum Gasteiger partial charge on any atom is -0.370 e. The number of aromatic nitrogens is 3. The number of benzene rings is 2. The van der Waals surface area contributed by atoms with E-state index < -0.39 is 10.0 Å². The van der Waals surface area contributed by atoms with Gasteiger partial charge in [-0.15, -0.1) is 0 Å². The van der Waals surface area contributed by atoms with E-state index in [9.17, 15) is 8.42 Å². The van der Waals surface area contributed by atoms with Gasteiger partial charge in [0.05, 0.1) is 22.1 Å². The molecule has 7 nitrogen and oxygen atoms in total. The first-order chi connectivity index (χ1) is 15.4. The molecule has 4 rings (SSSR count). The number of nitrogens with zero attached hydrogens (tertiary/aromatic N) is 3. The Kier molecular flexibility index (Phi) is 7.10. The fraction of sp³-hybridized carbons (Fsp3) is 0.182. The lowest BCUT2D eigenvalue weighted by Crippen LogP contribution is -2.27. The van der Waals surface area contributed by atoms with Gasteiger partial charge in [-0.2, -0.15) is 9.61 Å². The van der Waals surface area contributed by atoms with Gasteiger partial charge in [0, 0.05) is 29.7 Å². The van der Waals surface area contributed by atoms with Crippen LogP contribution in [0.5, 0.6) is 0 Å². The highest BCUT2D eigenvalue weighted by molar-refractivity contribution is 9.10. The van der Waals surface area contributed by atoms with Crippen LogP contribution in [0.1, 0.15) is 12.0 Å². The Morgan fingerprint density at radius 1 is 1.03 bits per heavy atom. The average molecular weight is 535 g/mol. The molecule has 32 heavy (non-hydrogen) atoms. The fourth-order valence-corrected chi connectivity index (χ4v) is 5.02. The monoisotopic (exact) mass is 533 g/mol. The maximum Gasteiger partial charge on any atom is 0.215 e. The zero-order valence-corrected chi connectivity index (χ0v) is 20.2. The molecule has 0 spiro atoms. The van der Waals surface area contributed by atoms with Gasteiger partial charge in [-0.05, 0) is 34.0 Å². The minimum atomic E-state index is -3.38. The highest BCUT2D eigenvalue weighted by Gasteiger charge is 2.14. The number of sulfonamides is 1. The molecule has 0 aliphatic carbocycles. The third-order valence-corrected chi connectivity index (χ3v) is 7.01. The predicted molar refractivity (Wildman–Crippen MR) is 131 cm³/mol. The Morgan fingerprint density at radius 3 is 2.56 bits per heavy atom. The van der Waals surface area contributed by atoms with Crippen LogP contribution in [0, 0.1) is 0 Å². The molecule has 0 amide bonds. The number of rotatable bonds is 9. The van der Waals surface area contributed by atoms with Crippen LogP contribution in [0.4, 0.5) is 5.82 Å². The summed E-state index contributed by atoms with van der Waals surface area (Å²) >= 11 is 9.85. The van der Waals surface area contributed by atoms with E-state index in [1.165, 1.54) is 0 Å². The lowest BCUT2D eigenvalue weighted by molar-refractivity contribution is 0.579. The lowest BCUT2D eigenvalue weighted by Gasteiger charge is -2.12. The standard InChI is InChI=1S/C22H21BrClN5O2S/c23-18-14-26-29-21(13-20(28-22(18)29)17-9-4-5-10-19(17)24)25-11-6-12-27-32(30,31)15-16-7-2-1-3-8-16/h1-5,7-10,13-14,25,27H,6,11-12,15H2. The molecule has 0 saturated carbocycles. The van der Waals surface area contributed by atoms with E-state index >= 15 is 0 Å². The van der Waals surface area contributed by atoms with E-state index in [2.05, 4.69) is 36.1 Å². The van der Waals surface area contributed by atoms with Crippen LogP contribution >= 0.6 is 27.5 Å². The summed E-state index contributed by atoms with van der Waals surface area (Å²) in [5.74, 6) is 0.706. The largest absolute Gasteiger partial charge is 0.370 e. The third kappa shape index (κ3) is 5.47. The van der Waals surface area contributed by atoms with E-state index in [4.69, 9.17) is 11.6 Å². The fourth-order valence-electron chi connectivity index (χ4n) is 3.25. The maximum atomic E-state index is 12.3. The van der Waals surface area contributed by atoms with Gasteiger partial charge in [0.2, 0.25) is 10.0 Å². The van der Waals surface area contributed by atoms with Gasteiger partial charge >= 0.3 is 0 Å². The zero-order chi connectivity index (χ0) is 22.6. The second kappa shape index (κ2) is 9.99. The molecule has 0 unspecified atom stereocenters. The van der Waals surface area contributed by atoms with Crippen LogP contribution in [0.2, 0.25) is 5.02 Å². The van der Waals surface area contributed by atoms with Gasteiger partial charge in [-0.3, -0.25) is 0 Å². The van der Waals surface area contributed by atoms with E-state index in [-0.39, 0.29) is 5.75 Å². The van der Waals surface area contributed by atoms with Gasteiger partial charge < -0.3 is 5.32 Å². The second-order valence-electron chi connectivity index (χ2n) is 7.15. The molecule has 10 heteroatoms. The Morgan fingerprint density at radius 2 is 1.78 bits per heavy atom. The van der Waals surface area contributed by atoms with Crippen molar-refractivity contribution < 1.29 is 8.42 Å². The molecule has 4 aromatic rings. The summed E-state index contributed by atoms with van der Waals surface area (Å²) in [6, 6.07) is 18.5. The van der Waals surface area contributed by atoms with Gasteiger partial charge in [0.15, 0.2) is 5.65 Å². The summed E-state index contributed by atoms with van der Waals surface area (Å²) in [7, 11) is -3.38. The first-order valence-electron chi connectivity index (χ1n) is 9.97. The smallest absolute Gasteiger partial charge is 0.215 e. The van der Waals surface area contributed by atoms with E-state index in [0.717, 1.165) is 27.1 Å². The molecular weight excluding hydrogens is 514 g/mol. The van der Waals surface area contributed by atoms with Crippen LogP contribution in [-0.2, 0) is 15.8 Å². The molecule has 0 bridgehead atoms. The van der Waals surface area contributed by atoms with Crippen molar-refractivity contribution in [3.63, 3.8) is 0 Å². The number of fused-ring (bicyclic) bond motifs is 1. The topological polar surface area (TPSA) is 88.4 Å². The second-order valence-corrected chi connectivity index (χ2v) is 10.2. The van der Waals surface area contributed by atoms with Crippen molar-refractivity contribution in [3.8, 4) is 11.3 Å². The summed E-state index contributed by atoms with van der Waals surface area (Å²) < 4.78 is 29.7. The molecule has 0 fully saturated rings. The highest BCUT2D eigenvalue weighted by atomic mass is 79.9. The molecule has 2 N–H and O–H groups in total. The van der Waals surface area contributed by atoms with Crippen LogP contribution in [0.25, 0.3) is 16.9 Å². The van der Waals surface area contributed by atoms with Gasteiger partial charge in [0.25, 0.3) is 0 Å².